The molecule has 30 heavy (non-hydrogen) atoms. The summed E-state index contributed by atoms with van der Waals surface area (Å²) in [5.74, 6) is 2.34. The van der Waals surface area contributed by atoms with Gasteiger partial charge in [-0.2, -0.15) is 5.26 Å². The molecule has 6 nitrogen and oxygen atoms in total. The van der Waals surface area contributed by atoms with Crippen molar-refractivity contribution >= 4 is 11.5 Å². The molecular weight excluding hydrogens is 374 g/mol. The van der Waals surface area contributed by atoms with Crippen molar-refractivity contribution in [3.8, 4) is 6.07 Å². The standard InChI is InChI=1S/C24H29N5O/c1-3-21-27-20-12-24(30-14-18(20)23(28-21)29-10-4-5-11-29)9-8-15(2)16-6-7-19(26)17(13-25)22(16)24/h6-7,15H,3-5,8-12,14,26H2,1-2H3. The molecule has 2 aromatic rings. The summed E-state index contributed by atoms with van der Waals surface area (Å²) in [5, 5.41) is 9.92. The van der Waals surface area contributed by atoms with Crippen molar-refractivity contribution < 1.29 is 4.74 Å². The minimum Gasteiger partial charge on any atom is -0.398 e. The zero-order chi connectivity index (χ0) is 20.9. The summed E-state index contributed by atoms with van der Waals surface area (Å²) in [6, 6.07) is 6.33. The van der Waals surface area contributed by atoms with Crippen LogP contribution in [-0.4, -0.2) is 23.1 Å². The molecule has 1 aromatic heterocycles. The Balaban J connectivity index is 1.65. The van der Waals surface area contributed by atoms with Crippen LogP contribution in [0.3, 0.4) is 0 Å². The smallest absolute Gasteiger partial charge is 0.138 e. The molecule has 156 valence electrons. The summed E-state index contributed by atoms with van der Waals surface area (Å²) < 4.78 is 6.67. The first-order chi connectivity index (χ1) is 14.6. The fourth-order valence-electron chi connectivity index (χ4n) is 5.45. The monoisotopic (exact) mass is 403 g/mol. The van der Waals surface area contributed by atoms with Crippen LogP contribution in [-0.2, 0) is 29.8 Å². The molecule has 0 bridgehead atoms. The van der Waals surface area contributed by atoms with E-state index in [4.69, 9.17) is 20.4 Å². The Morgan fingerprint density at radius 3 is 2.83 bits per heavy atom. The molecule has 3 heterocycles. The summed E-state index contributed by atoms with van der Waals surface area (Å²) in [7, 11) is 0. The number of aromatic nitrogens is 2. The molecule has 2 atom stereocenters. The Bertz CT molecular complexity index is 1040. The van der Waals surface area contributed by atoms with Crippen LogP contribution in [0, 0.1) is 11.3 Å². The van der Waals surface area contributed by atoms with Gasteiger partial charge in [-0.15, -0.1) is 0 Å². The van der Waals surface area contributed by atoms with E-state index in [0.29, 0.717) is 30.2 Å². The lowest BCUT2D eigenvalue weighted by molar-refractivity contribution is -0.0872. The third-order valence-electron chi connectivity index (χ3n) is 7.13. The predicted octanol–water partition coefficient (Wildman–Crippen LogP) is 3.96. The van der Waals surface area contributed by atoms with Gasteiger partial charge in [0, 0.05) is 42.7 Å². The van der Waals surface area contributed by atoms with Crippen LogP contribution < -0.4 is 10.6 Å². The maximum Gasteiger partial charge on any atom is 0.138 e. The van der Waals surface area contributed by atoms with Gasteiger partial charge in [0.1, 0.15) is 23.3 Å². The Labute approximate surface area is 178 Å². The van der Waals surface area contributed by atoms with E-state index < -0.39 is 5.60 Å². The van der Waals surface area contributed by atoms with Crippen molar-refractivity contribution in [2.45, 2.75) is 70.5 Å². The fraction of sp³-hybridized carbons (Fsp3) is 0.542. The molecule has 2 unspecified atom stereocenters. The van der Waals surface area contributed by atoms with E-state index in [1.54, 1.807) is 0 Å². The van der Waals surface area contributed by atoms with Crippen molar-refractivity contribution in [2.75, 3.05) is 23.7 Å². The summed E-state index contributed by atoms with van der Waals surface area (Å²) in [4.78, 5) is 12.2. The Morgan fingerprint density at radius 1 is 1.30 bits per heavy atom. The van der Waals surface area contributed by atoms with Crippen molar-refractivity contribution in [3.05, 3.63) is 45.9 Å². The van der Waals surface area contributed by atoms with Gasteiger partial charge in [0.05, 0.1) is 17.9 Å². The first-order valence-corrected chi connectivity index (χ1v) is 11.2. The minimum atomic E-state index is -0.531. The summed E-state index contributed by atoms with van der Waals surface area (Å²) in [5.41, 5.74) is 11.2. The average molecular weight is 404 g/mol. The molecule has 0 saturated carbocycles. The van der Waals surface area contributed by atoms with Crippen LogP contribution in [0.15, 0.2) is 12.1 Å². The van der Waals surface area contributed by atoms with E-state index in [2.05, 4.69) is 30.9 Å². The van der Waals surface area contributed by atoms with Crippen LogP contribution in [0.5, 0.6) is 0 Å². The fourth-order valence-corrected chi connectivity index (χ4v) is 5.45. The van der Waals surface area contributed by atoms with Crippen molar-refractivity contribution in [1.82, 2.24) is 9.97 Å². The highest BCUT2D eigenvalue weighted by Gasteiger charge is 2.46. The van der Waals surface area contributed by atoms with E-state index in [1.807, 2.05) is 6.07 Å². The Kier molecular flexibility index (Phi) is 4.67. The molecule has 0 amide bonds. The number of hydrogen-bond donors (Lipinski definition) is 1. The molecule has 3 aliphatic rings. The first-order valence-electron chi connectivity index (χ1n) is 11.2. The zero-order valence-electron chi connectivity index (χ0n) is 17.9. The van der Waals surface area contributed by atoms with Gasteiger partial charge in [0.25, 0.3) is 0 Å². The molecule has 1 aliphatic carbocycles. The van der Waals surface area contributed by atoms with Crippen molar-refractivity contribution in [2.24, 2.45) is 0 Å². The van der Waals surface area contributed by atoms with Gasteiger partial charge in [-0.3, -0.25) is 0 Å². The van der Waals surface area contributed by atoms with E-state index in [-0.39, 0.29) is 0 Å². The highest BCUT2D eigenvalue weighted by atomic mass is 16.5. The van der Waals surface area contributed by atoms with Crippen LogP contribution in [0.4, 0.5) is 11.5 Å². The van der Waals surface area contributed by atoms with E-state index in [1.165, 1.54) is 18.4 Å². The van der Waals surface area contributed by atoms with Gasteiger partial charge in [-0.1, -0.05) is 19.9 Å². The molecule has 1 aromatic carbocycles. The topological polar surface area (TPSA) is 88.1 Å². The van der Waals surface area contributed by atoms with Crippen molar-refractivity contribution in [1.29, 1.82) is 5.26 Å². The predicted molar refractivity (Wildman–Crippen MR) is 116 cm³/mol. The molecule has 5 rings (SSSR count). The van der Waals surface area contributed by atoms with Gasteiger partial charge in [0.2, 0.25) is 0 Å². The first kappa shape index (κ1) is 19.3. The van der Waals surface area contributed by atoms with Crippen LogP contribution in [0.2, 0.25) is 0 Å². The lowest BCUT2D eigenvalue weighted by atomic mass is 9.69. The number of fused-ring (bicyclic) bond motifs is 3. The zero-order valence-corrected chi connectivity index (χ0v) is 17.9. The number of hydrogen-bond acceptors (Lipinski definition) is 6. The number of rotatable bonds is 2. The quantitative estimate of drug-likeness (QED) is 0.764. The summed E-state index contributed by atoms with van der Waals surface area (Å²) >= 11 is 0. The van der Waals surface area contributed by atoms with Crippen LogP contribution >= 0.6 is 0 Å². The Morgan fingerprint density at radius 2 is 2.10 bits per heavy atom. The number of nitrogens with zero attached hydrogens (tertiary/aromatic N) is 4. The molecule has 2 N–H and O–H groups in total. The number of anilines is 2. The lowest BCUT2D eigenvalue weighted by Crippen LogP contribution is -2.42. The maximum atomic E-state index is 9.92. The second kappa shape index (κ2) is 7.24. The van der Waals surface area contributed by atoms with Gasteiger partial charge in [-0.05, 0) is 43.2 Å². The van der Waals surface area contributed by atoms with Gasteiger partial charge in [-0.25, -0.2) is 9.97 Å². The summed E-state index contributed by atoms with van der Waals surface area (Å²) in [6.07, 6.45) is 5.82. The molecular formula is C24H29N5O. The van der Waals surface area contributed by atoms with Crippen molar-refractivity contribution in [3.63, 3.8) is 0 Å². The van der Waals surface area contributed by atoms with Gasteiger partial charge >= 0.3 is 0 Å². The van der Waals surface area contributed by atoms with E-state index >= 15 is 0 Å². The minimum absolute atomic E-state index is 0.389. The second-order valence-electron chi connectivity index (χ2n) is 8.94. The molecule has 2 aliphatic heterocycles. The Hall–Kier alpha value is -2.65. The molecule has 1 saturated heterocycles. The third kappa shape index (κ3) is 2.87. The highest BCUT2D eigenvalue weighted by molar-refractivity contribution is 5.64. The average Bonchev–Trinajstić information content (AvgIpc) is 3.30. The van der Waals surface area contributed by atoms with Gasteiger partial charge in [0.15, 0.2) is 0 Å². The van der Waals surface area contributed by atoms with E-state index in [9.17, 15) is 5.26 Å². The number of nitriles is 1. The maximum absolute atomic E-state index is 9.92. The number of nitrogen functional groups attached to an aromatic ring is 1. The molecule has 1 spiro atoms. The number of ether oxygens (including phenoxy) is 1. The molecule has 6 heteroatoms. The molecule has 1 fully saturated rings. The second-order valence-corrected chi connectivity index (χ2v) is 8.94. The summed E-state index contributed by atoms with van der Waals surface area (Å²) in [6.45, 7) is 6.92. The number of benzene rings is 1. The largest absolute Gasteiger partial charge is 0.398 e. The lowest BCUT2D eigenvalue weighted by Gasteiger charge is -2.45. The normalized spacial score (nSPS) is 25.1. The third-order valence-corrected chi connectivity index (χ3v) is 7.13. The highest BCUT2D eigenvalue weighted by Crippen LogP contribution is 2.50. The van der Waals surface area contributed by atoms with Crippen LogP contribution in [0.25, 0.3) is 0 Å². The SMILES string of the molecule is CCc1nc2c(c(N3CCCC3)n1)COC1(CCC(C)c3ccc(N)c(C#N)c31)C2. The number of aryl methyl sites for hydroxylation is 1. The van der Waals surface area contributed by atoms with Crippen LogP contribution in [0.1, 0.15) is 79.2 Å². The molecule has 0 radical (unpaired) electrons. The van der Waals surface area contributed by atoms with E-state index in [0.717, 1.165) is 60.8 Å². The van der Waals surface area contributed by atoms with Gasteiger partial charge < -0.3 is 15.4 Å². The number of nitrogens with two attached hydrogens (primary N) is 1.